The van der Waals surface area contributed by atoms with Crippen LogP contribution in [0.2, 0.25) is 10.2 Å². The molecule has 0 bridgehead atoms. The number of nitrogens with zero attached hydrogens (tertiary/aromatic N) is 3. The van der Waals surface area contributed by atoms with Gasteiger partial charge < -0.3 is 5.32 Å². The number of aromatic nitrogens is 2. The van der Waals surface area contributed by atoms with Gasteiger partial charge in [0.15, 0.2) is 0 Å². The lowest BCUT2D eigenvalue weighted by Crippen LogP contribution is -2.25. The Labute approximate surface area is 187 Å². The summed E-state index contributed by atoms with van der Waals surface area (Å²) >= 11 is 12.3. The number of hydrogen-bond acceptors (Lipinski definition) is 5. The monoisotopic (exact) mass is 454 g/mol. The van der Waals surface area contributed by atoms with Crippen LogP contribution >= 0.6 is 23.2 Å². The minimum Gasteiger partial charge on any atom is -0.371 e. The highest BCUT2D eigenvalue weighted by molar-refractivity contribution is 6.35. The van der Waals surface area contributed by atoms with Crippen molar-refractivity contribution < 1.29 is 4.92 Å². The molecule has 0 fully saturated rings. The maximum Gasteiger partial charge on any atom is 0.329 e. The smallest absolute Gasteiger partial charge is 0.329 e. The zero-order valence-corrected chi connectivity index (χ0v) is 17.8. The van der Waals surface area contributed by atoms with Gasteiger partial charge in [-0.25, -0.2) is 4.98 Å². The fourth-order valence-corrected chi connectivity index (χ4v) is 4.02. The number of nitro groups is 1. The van der Waals surface area contributed by atoms with Crippen molar-refractivity contribution in [2.75, 3.05) is 5.32 Å². The van der Waals surface area contributed by atoms with E-state index in [1.54, 1.807) is 22.8 Å². The topological polar surface area (TPSA) is 90.1 Å². The van der Waals surface area contributed by atoms with Crippen molar-refractivity contribution in [1.29, 1.82) is 0 Å². The SMILES string of the molecule is C[C@H](Nc1ccnc(Cl)c1[N+](=O)[O-])c1cc2cccc(Cl)c2c(=O)n1-c1ccccc1. The molecule has 0 spiro atoms. The van der Waals surface area contributed by atoms with E-state index < -0.39 is 11.0 Å². The summed E-state index contributed by atoms with van der Waals surface area (Å²) in [5.41, 5.74) is 0.859. The number of halogens is 2. The van der Waals surface area contributed by atoms with E-state index in [9.17, 15) is 14.9 Å². The molecule has 1 atom stereocenters. The molecule has 2 aromatic carbocycles. The molecule has 4 rings (SSSR count). The minimum absolute atomic E-state index is 0.204. The van der Waals surface area contributed by atoms with Crippen LogP contribution < -0.4 is 10.9 Å². The van der Waals surface area contributed by atoms with Gasteiger partial charge in [-0.1, -0.05) is 53.5 Å². The van der Waals surface area contributed by atoms with Gasteiger partial charge in [-0.15, -0.1) is 0 Å². The van der Waals surface area contributed by atoms with Gasteiger partial charge in [-0.05, 0) is 42.6 Å². The normalized spacial score (nSPS) is 12.0. The Morgan fingerprint density at radius 1 is 1.10 bits per heavy atom. The highest BCUT2D eigenvalue weighted by atomic mass is 35.5. The van der Waals surface area contributed by atoms with Crippen molar-refractivity contribution >= 4 is 45.3 Å². The molecule has 1 N–H and O–H groups in total. The third-order valence-electron chi connectivity index (χ3n) is 4.92. The summed E-state index contributed by atoms with van der Waals surface area (Å²) in [7, 11) is 0. The van der Waals surface area contributed by atoms with E-state index in [2.05, 4.69) is 10.3 Å². The van der Waals surface area contributed by atoms with Crippen molar-refractivity contribution in [2.45, 2.75) is 13.0 Å². The van der Waals surface area contributed by atoms with Gasteiger partial charge in [0.05, 0.1) is 21.4 Å². The summed E-state index contributed by atoms with van der Waals surface area (Å²) in [4.78, 5) is 28.2. The fourth-order valence-electron chi connectivity index (χ4n) is 3.53. The molecule has 4 aromatic rings. The number of hydrogen-bond donors (Lipinski definition) is 1. The van der Waals surface area contributed by atoms with Crippen LogP contribution in [0.3, 0.4) is 0 Å². The van der Waals surface area contributed by atoms with Gasteiger partial charge in [0.25, 0.3) is 5.56 Å². The average Bonchev–Trinajstić information content (AvgIpc) is 2.74. The lowest BCUT2D eigenvalue weighted by atomic mass is 10.1. The maximum atomic E-state index is 13.5. The molecule has 0 radical (unpaired) electrons. The zero-order valence-electron chi connectivity index (χ0n) is 16.3. The second kappa shape index (κ2) is 8.37. The van der Waals surface area contributed by atoms with E-state index in [-0.39, 0.29) is 22.1 Å². The van der Waals surface area contributed by atoms with Crippen LogP contribution in [0.25, 0.3) is 16.5 Å². The highest BCUT2D eigenvalue weighted by Crippen LogP contribution is 2.34. The summed E-state index contributed by atoms with van der Waals surface area (Å²) in [6.07, 6.45) is 1.38. The van der Waals surface area contributed by atoms with Gasteiger partial charge >= 0.3 is 5.69 Å². The predicted molar refractivity (Wildman–Crippen MR) is 122 cm³/mol. The van der Waals surface area contributed by atoms with Crippen molar-refractivity contribution in [3.63, 3.8) is 0 Å². The fraction of sp³-hybridized carbons (Fsp3) is 0.0909. The highest BCUT2D eigenvalue weighted by Gasteiger charge is 2.23. The van der Waals surface area contributed by atoms with Gasteiger partial charge in [0, 0.05) is 17.6 Å². The maximum absolute atomic E-state index is 13.5. The van der Waals surface area contributed by atoms with Crippen LogP contribution in [0.4, 0.5) is 11.4 Å². The summed E-state index contributed by atoms with van der Waals surface area (Å²) in [5.74, 6) is 0. The van der Waals surface area contributed by atoms with E-state index in [0.717, 1.165) is 0 Å². The van der Waals surface area contributed by atoms with Crippen molar-refractivity contribution in [2.24, 2.45) is 0 Å². The van der Waals surface area contributed by atoms with Gasteiger partial charge in [0.2, 0.25) is 5.15 Å². The van der Waals surface area contributed by atoms with E-state index in [1.807, 2.05) is 43.3 Å². The van der Waals surface area contributed by atoms with E-state index in [0.29, 0.717) is 27.2 Å². The molecule has 7 nitrogen and oxygen atoms in total. The Morgan fingerprint density at radius 3 is 2.55 bits per heavy atom. The molecule has 0 aliphatic heterocycles. The Kier molecular flexibility index (Phi) is 5.63. The quantitative estimate of drug-likeness (QED) is 0.234. The summed E-state index contributed by atoms with van der Waals surface area (Å²) in [6.45, 7) is 1.81. The first-order chi connectivity index (χ1) is 14.9. The number of pyridine rings is 2. The van der Waals surface area contributed by atoms with Gasteiger partial charge in [-0.2, -0.15) is 0 Å². The van der Waals surface area contributed by atoms with Crippen LogP contribution in [-0.2, 0) is 0 Å². The summed E-state index contributed by atoms with van der Waals surface area (Å²) < 4.78 is 1.56. The summed E-state index contributed by atoms with van der Waals surface area (Å²) in [6, 6.07) is 17.2. The average molecular weight is 455 g/mol. The zero-order chi connectivity index (χ0) is 22.1. The molecule has 0 amide bonds. The second-order valence-electron chi connectivity index (χ2n) is 6.87. The lowest BCUT2D eigenvalue weighted by molar-refractivity contribution is -0.384. The Balaban J connectivity index is 1.93. The first-order valence-electron chi connectivity index (χ1n) is 9.33. The third-order valence-corrected chi connectivity index (χ3v) is 5.51. The number of anilines is 1. The Bertz CT molecular complexity index is 1360. The number of rotatable bonds is 5. The van der Waals surface area contributed by atoms with Crippen molar-refractivity contribution in [3.05, 3.63) is 103 Å². The predicted octanol–water partition coefficient (Wildman–Crippen LogP) is 5.77. The van der Waals surface area contributed by atoms with Crippen molar-refractivity contribution in [1.82, 2.24) is 9.55 Å². The lowest BCUT2D eigenvalue weighted by Gasteiger charge is -2.22. The van der Waals surface area contributed by atoms with Crippen LogP contribution in [0.1, 0.15) is 18.7 Å². The number of para-hydroxylation sites is 1. The van der Waals surface area contributed by atoms with E-state index >= 15 is 0 Å². The van der Waals surface area contributed by atoms with Crippen LogP contribution in [0.5, 0.6) is 0 Å². The molecule has 0 saturated heterocycles. The van der Waals surface area contributed by atoms with Gasteiger partial charge in [0.1, 0.15) is 5.69 Å². The van der Waals surface area contributed by atoms with E-state index in [4.69, 9.17) is 23.2 Å². The van der Waals surface area contributed by atoms with Crippen LogP contribution in [-0.4, -0.2) is 14.5 Å². The molecule has 0 aliphatic carbocycles. The molecule has 156 valence electrons. The molecule has 2 aromatic heterocycles. The number of nitrogens with one attached hydrogen (secondary N) is 1. The molecule has 9 heteroatoms. The van der Waals surface area contributed by atoms with Crippen LogP contribution in [0.15, 0.2) is 71.7 Å². The van der Waals surface area contributed by atoms with Crippen molar-refractivity contribution in [3.8, 4) is 5.69 Å². The molecule has 0 unspecified atom stereocenters. The Hall–Kier alpha value is -3.42. The number of benzene rings is 2. The molecule has 2 heterocycles. The Morgan fingerprint density at radius 2 is 1.84 bits per heavy atom. The first-order valence-corrected chi connectivity index (χ1v) is 10.1. The van der Waals surface area contributed by atoms with E-state index in [1.165, 1.54) is 12.3 Å². The minimum atomic E-state index is -0.588. The molecule has 0 saturated carbocycles. The largest absolute Gasteiger partial charge is 0.371 e. The summed E-state index contributed by atoms with van der Waals surface area (Å²) in [5, 5.41) is 15.8. The molecule has 0 aliphatic rings. The van der Waals surface area contributed by atoms with Gasteiger partial charge in [-0.3, -0.25) is 19.5 Å². The molecular weight excluding hydrogens is 439 g/mol. The second-order valence-corrected chi connectivity index (χ2v) is 7.64. The van der Waals surface area contributed by atoms with Crippen LogP contribution in [0, 0.1) is 10.1 Å². The first kappa shape index (κ1) is 20.8. The molecular formula is C22H16Cl2N4O3. The number of fused-ring (bicyclic) bond motifs is 1. The standard InChI is InChI=1S/C22H16Cl2N4O3/c1-13(26-17-10-11-25-21(24)20(17)28(30)31)18-12-14-6-5-9-16(23)19(14)22(29)27(18)15-7-3-2-4-8-15/h2-13H,1H3,(H,25,26)/t13-/m0/s1. The molecule has 31 heavy (non-hydrogen) atoms. The third kappa shape index (κ3) is 3.85.